The first-order valence-electron chi connectivity index (χ1n) is 6.31. The number of nitrogens with one attached hydrogen (secondary N) is 1. The Balaban J connectivity index is 1.86. The number of amidine groups is 1. The molecule has 0 unspecified atom stereocenters. The maximum Gasteiger partial charge on any atom is 0.170 e. The Morgan fingerprint density at radius 2 is 2.19 bits per heavy atom. The maximum atomic E-state index is 13.9. The number of rotatable bonds is 6. The zero-order valence-electron chi connectivity index (χ0n) is 11.1. The molecular weight excluding hydrogens is 313 g/mol. The highest BCUT2D eigenvalue weighted by atomic mass is 35.5. The molecule has 2 rings (SSSR count). The average Bonchev–Trinajstić information content (AvgIpc) is 2.89. The van der Waals surface area contributed by atoms with Crippen molar-refractivity contribution >= 4 is 28.8 Å². The number of oxime groups is 1. The number of halogens is 2. The van der Waals surface area contributed by atoms with Crippen molar-refractivity contribution in [1.29, 1.82) is 0 Å². The van der Waals surface area contributed by atoms with Gasteiger partial charge in [0.25, 0.3) is 0 Å². The highest BCUT2D eigenvalue weighted by Crippen LogP contribution is 2.21. The summed E-state index contributed by atoms with van der Waals surface area (Å²) in [4.78, 5) is 1.19. The van der Waals surface area contributed by atoms with Crippen LogP contribution in [-0.2, 0) is 13.0 Å². The van der Waals surface area contributed by atoms with Gasteiger partial charge in [-0.15, -0.1) is 11.3 Å². The Morgan fingerprint density at radius 3 is 2.81 bits per heavy atom. The summed E-state index contributed by atoms with van der Waals surface area (Å²) in [6.07, 6.45) is 0.848. The predicted octanol–water partition coefficient (Wildman–Crippen LogP) is 2.97. The number of thiophene rings is 1. The van der Waals surface area contributed by atoms with E-state index < -0.39 is 0 Å². The van der Waals surface area contributed by atoms with Crippen LogP contribution in [0.3, 0.4) is 0 Å². The van der Waals surface area contributed by atoms with Gasteiger partial charge in [-0.1, -0.05) is 28.9 Å². The van der Waals surface area contributed by atoms with E-state index in [1.54, 1.807) is 23.5 Å². The van der Waals surface area contributed by atoms with Gasteiger partial charge in [0.2, 0.25) is 0 Å². The molecule has 0 aliphatic carbocycles. The molecule has 21 heavy (non-hydrogen) atoms. The number of hydrogen-bond acceptors (Lipinski definition) is 4. The first-order valence-corrected chi connectivity index (χ1v) is 7.51. The molecule has 0 saturated carbocycles. The monoisotopic (exact) mass is 327 g/mol. The molecule has 0 bridgehead atoms. The summed E-state index contributed by atoms with van der Waals surface area (Å²) in [7, 11) is 0. The summed E-state index contributed by atoms with van der Waals surface area (Å²) >= 11 is 7.40. The van der Waals surface area contributed by atoms with Gasteiger partial charge in [0.1, 0.15) is 5.82 Å². The van der Waals surface area contributed by atoms with Crippen molar-refractivity contribution in [2.45, 2.75) is 13.0 Å². The number of nitrogens with zero attached hydrogens (tertiary/aromatic N) is 1. The van der Waals surface area contributed by atoms with Crippen molar-refractivity contribution in [3.05, 3.63) is 56.5 Å². The quantitative estimate of drug-likeness (QED) is 0.251. The van der Waals surface area contributed by atoms with E-state index in [9.17, 15) is 4.39 Å². The van der Waals surface area contributed by atoms with E-state index in [1.807, 2.05) is 12.1 Å². The smallest absolute Gasteiger partial charge is 0.170 e. The summed E-state index contributed by atoms with van der Waals surface area (Å²) in [6.45, 7) is 1.15. The summed E-state index contributed by atoms with van der Waals surface area (Å²) in [6, 6.07) is 8.35. The Hall–Kier alpha value is -1.63. The minimum Gasteiger partial charge on any atom is -0.409 e. The fourth-order valence-electron chi connectivity index (χ4n) is 1.83. The van der Waals surface area contributed by atoms with E-state index in [4.69, 9.17) is 22.5 Å². The second kappa shape index (κ2) is 7.40. The zero-order chi connectivity index (χ0) is 15.2. The Labute approximate surface area is 131 Å². The third-order valence-corrected chi connectivity index (χ3v) is 4.24. The van der Waals surface area contributed by atoms with Crippen LogP contribution in [0, 0.1) is 5.82 Å². The standard InChI is InChI=1S/C14H15ClFN3OS/c15-13-4-3-11(21-13)5-6-18-8-10-2-1-9(7-12(10)16)14(17)19-20/h1-4,7,18,20H,5-6,8H2,(H2,17,19). The summed E-state index contributed by atoms with van der Waals surface area (Å²) in [5.74, 6) is -0.492. The largest absolute Gasteiger partial charge is 0.409 e. The summed E-state index contributed by atoms with van der Waals surface area (Å²) in [5.41, 5.74) is 6.30. The second-order valence-electron chi connectivity index (χ2n) is 4.42. The molecule has 2 aromatic rings. The van der Waals surface area contributed by atoms with Crippen LogP contribution in [0.2, 0.25) is 4.34 Å². The van der Waals surface area contributed by atoms with Crippen molar-refractivity contribution in [2.24, 2.45) is 10.9 Å². The lowest BCUT2D eigenvalue weighted by Crippen LogP contribution is -2.18. The van der Waals surface area contributed by atoms with Gasteiger partial charge >= 0.3 is 0 Å². The van der Waals surface area contributed by atoms with Gasteiger partial charge in [-0.25, -0.2) is 4.39 Å². The summed E-state index contributed by atoms with van der Waals surface area (Å²) in [5, 5.41) is 14.6. The molecule has 0 fully saturated rings. The fourth-order valence-corrected chi connectivity index (χ4v) is 2.92. The lowest BCUT2D eigenvalue weighted by atomic mass is 10.1. The van der Waals surface area contributed by atoms with Crippen LogP contribution in [0.15, 0.2) is 35.5 Å². The molecule has 1 heterocycles. The van der Waals surface area contributed by atoms with Gasteiger partial charge in [-0.2, -0.15) is 0 Å². The molecule has 1 aromatic heterocycles. The molecule has 4 N–H and O–H groups in total. The van der Waals surface area contributed by atoms with E-state index >= 15 is 0 Å². The molecular formula is C14H15ClFN3OS. The molecule has 0 aliphatic rings. The molecule has 112 valence electrons. The van der Waals surface area contributed by atoms with Crippen LogP contribution in [-0.4, -0.2) is 17.6 Å². The van der Waals surface area contributed by atoms with E-state index in [0.717, 1.165) is 17.3 Å². The highest BCUT2D eigenvalue weighted by molar-refractivity contribution is 7.16. The fraction of sp³-hybridized carbons (Fsp3) is 0.214. The third-order valence-electron chi connectivity index (χ3n) is 2.95. The Morgan fingerprint density at radius 1 is 1.38 bits per heavy atom. The molecule has 0 aliphatic heterocycles. The minimum atomic E-state index is -0.384. The van der Waals surface area contributed by atoms with Gasteiger partial charge in [0.15, 0.2) is 5.84 Å². The van der Waals surface area contributed by atoms with Crippen LogP contribution in [0.5, 0.6) is 0 Å². The molecule has 7 heteroatoms. The molecule has 0 atom stereocenters. The molecule has 0 amide bonds. The van der Waals surface area contributed by atoms with Crippen LogP contribution < -0.4 is 11.1 Å². The van der Waals surface area contributed by atoms with Crippen molar-refractivity contribution < 1.29 is 9.60 Å². The van der Waals surface area contributed by atoms with Gasteiger partial charge < -0.3 is 16.3 Å². The third kappa shape index (κ3) is 4.42. The van der Waals surface area contributed by atoms with Crippen LogP contribution >= 0.6 is 22.9 Å². The van der Waals surface area contributed by atoms with Crippen LogP contribution in [0.1, 0.15) is 16.0 Å². The average molecular weight is 328 g/mol. The lowest BCUT2D eigenvalue weighted by molar-refractivity contribution is 0.318. The SMILES string of the molecule is N/C(=N/O)c1ccc(CNCCc2ccc(Cl)s2)c(F)c1. The topological polar surface area (TPSA) is 70.6 Å². The van der Waals surface area contributed by atoms with Crippen molar-refractivity contribution in [3.8, 4) is 0 Å². The number of hydrogen-bond donors (Lipinski definition) is 3. The molecule has 4 nitrogen and oxygen atoms in total. The lowest BCUT2D eigenvalue weighted by Gasteiger charge is -2.07. The molecule has 1 aromatic carbocycles. The summed E-state index contributed by atoms with van der Waals surface area (Å²) < 4.78 is 14.6. The van der Waals surface area contributed by atoms with Gasteiger partial charge in [0.05, 0.1) is 4.34 Å². The van der Waals surface area contributed by atoms with E-state index in [-0.39, 0.29) is 11.7 Å². The van der Waals surface area contributed by atoms with Crippen molar-refractivity contribution in [1.82, 2.24) is 5.32 Å². The van der Waals surface area contributed by atoms with E-state index in [0.29, 0.717) is 17.7 Å². The normalized spacial score (nSPS) is 11.8. The first-order chi connectivity index (χ1) is 10.1. The van der Waals surface area contributed by atoms with Crippen LogP contribution in [0.25, 0.3) is 0 Å². The van der Waals surface area contributed by atoms with Crippen LogP contribution in [0.4, 0.5) is 4.39 Å². The Bertz CT molecular complexity index is 645. The van der Waals surface area contributed by atoms with Gasteiger partial charge in [-0.05, 0) is 24.6 Å². The second-order valence-corrected chi connectivity index (χ2v) is 6.22. The van der Waals surface area contributed by atoms with Crippen molar-refractivity contribution in [3.63, 3.8) is 0 Å². The first kappa shape index (κ1) is 15.8. The van der Waals surface area contributed by atoms with Gasteiger partial charge in [0, 0.05) is 29.1 Å². The molecule has 0 saturated heterocycles. The molecule has 0 spiro atoms. The number of nitrogens with two attached hydrogens (primary N) is 1. The van der Waals surface area contributed by atoms with E-state index in [2.05, 4.69) is 10.5 Å². The Kier molecular flexibility index (Phi) is 5.55. The predicted molar refractivity (Wildman–Crippen MR) is 83.7 cm³/mol. The van der Waals surface area contributed by atoms with Gasteiger partial charge in [-0.3, -0.25) is 0 Å². The van der Waals surface area contributed by atoms with E-state index in [1.165, 1.54) is 10.9 Å². The maximum absolute atomic E-state index is 13.9. The van der Waals surface area contributed by atoms with Crippen molar-refractivity contribution in [2.75, 3.05) is 6.54 Å². The highest BCUT2D eigenvalue weighted by Gasteiger charge is 2.06. The number of benzene rings is 1. The minimum absolute atomic E-state index is 0.108. The zero-order valence-corrected chi connectivity index (χ0v) is 12.7. The molecule has 0 radical (unpaired) electrons.